The standard InChI is InChI=1S/C27H20F5N5O4/c1-12(38)14-3-4-16-15(7-14)8-22(39)23(16)36-26(41)21-9-20(35-24-19(29)11-34-37(21)24)25(40)33-10-13-2-5-18(28)17(6-13)27(30,31)32/h2-7,9,11,22-23,39H,8,10H2,1H3,(H,33,40)(H,36,41)/t22-,23-/m1/s1. The van der Waals surface area contributed by atoms with Gasteiger partial charge in [0.1, 0.15) is 17.2 Å². The van der Waals surface area contributed by atoms with Gasteiger partial charge in [0.05, 0.1) is 23.9 Å². The number of hydrogen-bond acceptors (Lipinski definition) is 6. The van der Waals surface area contributed by atoms with Crippen molar-refractivity contribution in [1.82, 2.24) is 25.2 Å². The third-order valence-corrected chi connectivity index (χ3v) is 6.67. The van der Waals surface area contributed by atoms with Gasteiger partial charge in [-0.05, 0) is 41.8 Å². The molecule has 14 heteroatoms. The maximum atomic E-state index is 14.4. The molecular formula is C27H20F5N5O4. The van der Waals surface area contributed by atoms with Crippen LogP contribution >= 0.6 is 0 Å². The van der Waals surface area contributed by atoms with E-state index in [1.54, 1.807) is 18.2 Å². The first-order valence-electron chi connectivity index (χ1n) is 12.1. The van der Waals surface area contributed by atoms with Crippen LogP contribution in [0.2, 0.25) is 0 Å². The first-order chi connectivity index (χ1) is 19.3. The summed E-state index contributed by atoms with van der Waals surface area (Å²) in [6, 6.07) is 7.15. The molecule has 0 unspecified atom stereocenters. The minimum atomic E-state index is -4.94. The molecule has 41 heavy (non-hydrogen) atoms. The van der Waals surface area contributed by atoms with Gasteiger partial charge in [0.15, 0.2) is 17.2 Å². The van der Waals surface area contributed by atoms with Crippen LogP contribution in [0.25, 0.3) is 5.65 Å². The number of nitrogens with one attached hydrogen (secondary N) is 2. The van der Waals surface area contributed by atoms with E-state index in [-0.39, 0.29) is 23.5 Å². The number of benzene rings is 2. The molecule has 1 aliphatic carbocycles. The Labute approximate surface area is 228 Å². The largest absolute Gasteiger partial charge is 0.419 e. The van der Waals surface area contributed by atoms with E-state index in [9.17, 15) is 41.4 Å². The van der Waals surface area contributed by atoms with E-state index in [0.29, 0.717) is 28.8 Å². The van der Waals surface area contributed by atoms with Gasteiger partial charge in [-0.2, -0.15) is 18.3 Å². The van der Waals surface area contributed by atoms with Crippen LogP contribution in [0, 0.1) is 11.6 Å². The van der Waals surface area contributed by atoms with Gasteiger partial charge in [0, 0.05) is 24.6 Å². The van der Waals surface area contributed by atoms with Crippen LogP contribution in [0.1, 0.15) is 66.6 Å². The van der Waals surface area contributed by atoms with Crippen molar-refractivity contribution in [2.45, 2.75) is 38.2 Å². The number of aliphatic hydroxyl groups is 1. The lowest BCUT2D eigenvalue weighted by atomic mass is 10.0. The van der Waals surface area contributed by atoms with Crippen LogP contribution in [0.5, 0.6) is 0 Å². The molecule has 0 spiro atoms. The summed E-state index contributed by atoms with van der Waals surface area (Å²) >= 11 is 0. The van der Waals surface area contributed by atoms with E-state index in [0.717, 1.165) is 22.8 Å². The normalized spacial score (nSPS) is 16.5. The Morgan fingerprint density at radius 1 is 1.05 bits per heavy atom. The van der Waals surface area contributed by atoms with E-state index in [1.807, 2.05) is 0 Å². The number of carbonyl (C=O) groups excluding carboxylic acids is 3. The SMILES string of the molecule is CC(=O)c1ccc2c(c1)C[C@@H](O)[C@@H]2NC(=O)c1cc(C(=O)NCc2ccc(F)c(C(F)(F)F)c2)nc2c(F)cnn12. The monoisotopic (exact) mass is 573 g/mol. The highest BCUT2D eigenvalue weighted by Crippen LogP contribution is 2.33. The Hall–Kier alpha value is -4.72. The molecule has 3 N–H and O–H groups in total. The zero-order chi connectivity index (χ0) is 29.6. The average Bonchev–Trinajstić information content (AvgIpc) is 3.44. The van der Waals surface area contributed by atoms with Crippen molar-refractivity contribution in [2.24, 2.45) is 0 Å². The number of hydrogen-bond donors (Lipinski definition) is 3. The van der Waals surface area contributed by atoms with Crippen molar-refractivity contribution in [1.29, 1.82) is 0 Å². The lowest BCUT2D eigenvalue weighted by Gasteiger charge is -2.18. The van der Waals surface area contributed by atoms with Crippen molar-refractivity contribution in [3.8, 4) is 0 Å². The van der Waals surface area contributed by atoms with Gasteiger partial charge in [-0.1, -0.05) is 18.2 Å². The van der Waals surface area contributed by atoms with Crippen molar-refractivity contribution < 1.29 is 41.4 Å². The number of fused-ring (bicyclic) bond motifs is 2. The smallest absolute Gasteiger partial charge is 0.390 e. The molecule has 2 aromatic carbocycles. The van der Waals surface area contributed by atoms with Crippen LogP contribution in [0.15, 0.2) is 48.7 Å². The fourth-order valence-electron chi connectivity index (χ4n) is 4.63. The number of amides is 2. The molecule has 5 rings (SSSR count). The Morgan fingerprint density at radius 2 is 1.80 bits per heavy atom. The molecule has 1 aliphatic rings. The van der Waals surface area contributed by atoms with Crippen molar-refractivity contribution >= 4 is 23.2 Å². The van der Waals surface area contributed by atoms with Crippen molar-refractivity contribution in [2.75, 3.05) is 0 Å². The zero-order valence-electron chi connectivity index (χ0n) is 21.1. The number of rotatable bonds is 6. The molecule has 0 saturated heterocycles. The second kappa shape index (κ2) is 10.4. The van der Waals surface area contributed by atoms with Crippen LogP contribution in [-0.4, -0.2) is 43.4 Å². The number of halogens is 5. The molecule has 2 atom stereocenters. The molecule has 2 amide bonds. The Morgan fingerprint density at radius 3 is 2.51 bits per heavy atom. The number of nitrogens with zero attached hydrogens (tertiary/aromatic N) is 3. The summed E-state index contributed by atoms with van der Waals surface area (Å²) in [5, 5.41) is 19.4. The molecule has 212 valence electrons. The minimum absolute atomic E-state index is 0.0662. The molecular weight excluding hydrogens is 553 g/mol. The highest BCUT2D eigenvalue weighted by molar-refractivity contribution is 5.98. The molecule has 0 aliphatic heterocycles. The number of Topliss-reactive ketones (excluding diaryl/α,β-unsaturated/α-hetero) is 1. The predicted octanol–water partition coefficient (Wildman–Crippen LogP) is 3.55. The van der Waals surface area contributed by atoms with E-state index in [1.165, 1.54) is 6.92 Å². The molecule has 9 nitrogen and oxygen atoms in total. The van der Waals surface area contributed by atoms with Gasteiger partial charge in [-0.3, -0.25) is 14.4 Å². The zero-order valence-corrected chi connectivity index (χ0v) is 21.1. The predicted molar refractivity (Wildman–Crippen MR) is 132 cm³/mol. The van der Waals surface area contributed by atoms with E-state index in [2.05, 4.69) is 20.7 Å². The molecule has 2 aromatic heterocycles. The fraction of sp³-hybridized carbons (Fsp3) is 0.222. The topological polar surface area (TPSA) is 126 Å². The quantitative estimate of drug-likeness (QED) is 0.239. The van der Waals surface area contributed by atoms with Gasteiger partial charge in [-0.25, -0.2) is 18.3 Å². The number of carbonyl (C=O) groups is 3. The summed E-state index contributed by atoms with van der Waals surface area (Å²) in [4.78, 5) is 41.7. The number of alkyl halides is 3. The summed E-state index contributed by atoms with van der Waals surface area (Å²) in [7, 11) is 0. The molecule has 2 heterocycles. The third kappa shape index (κ3) is 5.37. The highest BCUT2D eigenvalue weighted by Gasteiger charge is 2.35. The van der Waals surface area contributed by atoms with E-state index in [4.69, 9.17) is 0 Å². The summed E-state index contributed by atoms with van der Waals surface area (Å²) in [5.41, 5.74) is -1.12. The van der Waals surface area contributed by atoms with Gasteiger partial charge in [0.25, 0.3) is 11.8 Å². The van der Waals surface area contributed by atoms with Crippen LogP contribution in [0.3, 0.4) is 0 Å². The first kappa shape index (κ1) is 27.8. The van der Waals surface area contributed by atoms with Crippen LogP contribution in [-0.2, 0) is 19.1 Å². The van der Waals surface area contributed by atoms with Crippen molar-refractivity contribution in [3.05, 3.63) is 99.5 Å². The maximum Gasteiger partial charge on any atom is 0.419 e. The minimum Gasteiger partial charge on any atom is -0.390 e. The number of ketones is 1. The molecule has 0 bridgehead atoms. The Kier molecular flexibility index (Phi) is 7.03. The lowest BCUT2D eigenvalue weighted by Crippen LogP contribution is -2.35. The summed E-state index contributed by atoms with van der Waals surface area (Å²) in [5.74, 6) is -4.38. The summed E-state index contributed by atoms with van der Waals surface area (Å²) in [6.45, 7) is 0.947. The Balaban J connectivity index is 1.40. The lowest BCUT2D eigenvalue weighted by molar-refractivity contribution is -0.140. The maximum absolute atomic E-state index is 14.4. The van der Waals surface area contributed by atoms with Gasteiger partial charge in [0.2, 0.25) is 0 Å². The first-order valence-corrected chi connectivity index (χ1v) is 12.1. The van der Waals surface area contributed by atoms with Crippen molar-refractivity contribution in [3.63, 3.8) is 0 Å². The van der Waals surface area contributed by atoms with Gasteiger partial charge < -0.3 is 15.7 Å². The number of aliphatic hydroxyl groups excluding tert-OH is 1. The van der Waals surface area contributed by atoms with Gasteiger partial charge in [-0.15, -0.1) is 0 Å². The molecule has 4 aromatic rings. The fourth-order valence-corrected chi connectivity index (χ4v) is 4.63. The van der Waals surface area contributed by atoms with Crippen LogP contribution in [0.4, 0.5) is 22.0 Å². The van der Waals surface area contributed by atoms with E-state index < -0.39 is 65.2 Å². The second-order valence-corrected chi connectivity index (χ2v) is 9.44. The molecule has 0 radical (unpaired) electrons. The Bertz CT molecular complexity index is 1720. The average molecular weight is 573 g/mol. The highest BCUT2D eigenvalue weighted by atomic mass is 19.4. The molecule has 0 fully saturated rings. The summed E-state index contributed by atoms with van der Waals surface area (Å²) < 4.78 is 67.9. The number of aromatic nitrogens is 3. The third-order valence-electron chi connectivity index (χ3n) is 6.67. The van der Waals surface area contributed by atoms with Gasteiger partial charge >= 0.3 is 6.18 Å². The second-order valence-electron chi connectivity index (χ2n) is 9.44. The van der Waals surface area contributed by atoms with Crippen LogP contribution < -0.4 is 10.6 Å². The van der Waals surface area contributed by atoms with E-state index >= 15 is 0 Å². The molecule has 0 saturated carbocycles. The summed E-state index contributed by atoms with van der Waals surface area (Å²) in [6.07, 6.45) is -5.04.